The van der Waals surface area contributed by atoms with Gasteiger partial charge in [0.05, 0.1) is 0 Å². The van der Waals surface area contributed by atoms with E-state index in [1.54, 1.807) is 26.0 Å². The molecule has 0 saturated carbocycles. The average molecular weight is 300 g/mol. The predicted molar refractivity (Wildman–Crippen MR) is 68.1 cm³/mol. The van der Waals surface area contributed by atoms with Crippen molar-refractivity contribution >= 4 is 27.8 Å². The number of hydrogen-bond donors (Lipinski definition) is 2. The van der Waals surface area contributed by atoms with Crippen LogP contribution in [0.2, 0.25) is 0 Å². The number of hydrogen-bond acceptors (Lipinski definition) is 2. The molecule has 1 aromatic rings. The van der Waals surface area contributed by atoms with E-state index in [0.29, 0.717) is 12.0 Å². The van der Waals surface area contributed by atoms with Crippen LogP contribution in [0.15, 0.2) is 22.7 Å². The highest BCUT2D eigenvalue weighted by Crippen LogP contribution is 2.19. The first-order valence-corrected chi connectivity index (χ1v) is 6.05. The number of rotatable bonds is 4. The minimum Gasteiger partial charge on any atom is -0.480 e. The molecule has 0 heterocycles. The third kappa shape index (κ3) is 3.30. The number of halogens is 1. The fourth-order valence-corrected chi connectivity index (χ4v) is 1.79. The third-order valence-electron chi connectivity index (χ3n) is 2.52. The number of aliphatic carboxylic acids is 1. The van der Waals surface area contributed by atoms with Gasteiger partial charge in [-0.1, -0.05) is 28.9 Å². The van der Waals surface area contributed by atoms with Crippen molar-refractivity contribution in [3.63, 3.8) is 0 Å². The highest BCUT2D eigenvalue weighted by Gasteiger charge is 2.19. The Morgan fingerprint density at radius 3 is 2.65 bits per heavy atom. The molecule has 0 aliphatic heterocycles. The van der Waals surface area contributed by atoms with Crippen molar-refractivity contribution in [3.05, 3.63) is 33.8 Å². The van der Waals surface area contributed by atoms with Gasteiger partial charge in [0.1, 0.15) is 6.04 Å². The molecule has 1 atom stereocenters. The third-order valence-corrected chi connectivity index (χ3v) is 3.38. The molecule has 0 radical (unpaired) electrons. The molecule has 0 aromatic heterocycles. The Bertz CT molecular complexity index is 445. The van der Waals surface area contributed by atoms with Crippen LogP contribution >= 0.6 is 15.9 Å². The molecule has 0 saturated heterocycles. The van der Waals surface area contributed by atoms with E-state index < -0.39 is 12.0 Å². The van der Waals surface area contributed by atoms with Gasteiger partial charge in [0.15, 0.2) is 0 Å². The number of carbonyl (C=O) groups is 2. The maximum absolute atomic E-state index is 11.9. The second-order valence-electron chi connectivity index (χ2n) is 3.68. The van der Waals surface area contributed by atoms with Crippen molar-refractivity contribution in [2.45, 2.75) is 26.3 Å². The normalized spacial score (nSPS) is 11.9. The van der Waals surface area contributed by atoms with E-state index in [-0.39, 0.29) is 5.91 Å². The molecule has 0 bridgehead atoms. The van der Waals surface area contributed by atoms with Gasteiger partial charge in [0.25, 0.3) is 5.91 Å². The predicted octanol–water partition coefficient (Wildman–Crippen LogP) is 2.35. The molecular formula is C12H14BrNO3. The van der Waals surface area contributed by atoms with Crippen molar-refractivity contribution in [2.75, 3.05) is 0 Å². The van der Waals surface area contributed by atoms with E-state index in [2.05, 4.69) is 21.2 Å². The molecule has 4 nitrogen and oxygen atoms in total. The van der Waals surface area contributed by atoms with E-state index in [4.69, 9.17) is 5.11 Å². The van der Waals surface area contributed by atoms with Crippen LogP contribution in [-0.2, 0) is 4.79 Å². The van der Waals surface area contributed by atoms with E-state index in [1.165, 1.54) is 0 Å². The van der Waals surface area contributed by atoms with Crippen molar-refractivity contribution in [3.8, 4) is 0 Å². The summed E-state index contributed by atoms with van der Waals surface area (Å²) in [7, 11) is 0. The zero-order valence-corrected chi connectivity index (χ0v) is 11.2. The van der Waals surface area contributed by atoms with E-state index >= 15 is 0 Å². The van der Waals surface area contributed by atoms with Crippen LogP contribution in [0.4, 0.5) is 0 Å². The molecule has 92 valence electrons. The Hall–Kier alpha value is -1.36. The summed E-state index contributed by atoms with van der Waals surface area (Å²) in [6.45, 7) is 3.52. The molecule has 2 N–H and O–H groups in total. The molecule has 5 heteroatoms. The quantitative estimate of drug-likeness (QED) is 0.897. The molecule has 0 aliphatic carbocycles. The second-order valence-corrected chi connectivity index (χ2v) is 4.54. The Morgan fingerprint density at radius 2 is 2.12 bits per heavy atom. The second kappa shape index (κ2) is 5.82. The molecule has 1 aromatic carbocycles. The van der Waals surface area contributed by atoms with Gasteiger partial charge >= 0.3 is 5.97 Å². The molecular weight excluding hydrogens is 286 g/mol. The first-order chi connectivity index (χ1) is 7.97. The van der Waals surface area contributed by atoms with Crippen LogP contribution in [0.25, 0.3) is 0 Å². The van der Waals surface area contributed by atoms with Gasteiger partial charge in [-0.3, -0.25) is 4.79 Å². The number of carboxylic acid groups (broad SMARTS) is 1. The standard InChI is InChI=1S/C12H14BrNO3/c1-3-10(12(16)17)14-11(15)8-5-4-6-9(13)7(8)2/h4-6,10H,3H2,1-2H3,(H,14,15)(H,16,17). The van der Waals surface area contributed by atoms with Crippen LogP contribution in [0.1, 0.15) is 29.3 Å². The highest BCUT2D eigenvalue weighted by atomic mass is 79.9. The Labute approximate surface area is 108 Å². The molecule has 0 spiro atoms. The number of benzene rings is 1. The summed E-state index contributed by atoms with van der Waals surface area (Å²) in [5.41, 5.74) is 1.28. The van der Waals surface area contributed by atoms with E-state index in [0.717, 1.165) is 10.0 Å². The van der Waals surface area contributed by atoms with Gasteiger partial charge in [0, 0.05) is 10.0 Å². The largest absolute Gasteiger partial charge is 0.480 e. The van der Waals surface area contributed by atoms with Gasteiger partial charge in [-0.15, -0.1) is 0 Å². The smallest absolute Gasteiger partial charge is 0.326 e. The van der Waals surface area contributed by atoms with Crippen molar-refractivity contribution < 1.29 is 14.7 Å². The molecule has 17 heavy (non-hydrogen) atoms. The average Bonchev–Trinajstić information content (AvgIpc) is 2.28. The molecule has 1 rings (SSSR count). The fourth-order valence-electron chi connectivity index (χ4n) is 1.43. The zero-order valence-electron chi connectivity index (χ0n) is 9.66. The lowest BCUT2D eigenvalue weighted by atomic mass is 10.1. The van der Waals surface area contributed by atoms with Crippen molar-refractivity contribution in [1.29, 1.82) is 0 Å². The molecule has 1 unspecified atom stereocenters. The maximum Gasteiger partial charge on any atom is 0.326 e. The van der Waals surface area contributed by atoms with Crippen LogP contribution in [0.5, 0.6) is 0 Å². The minimum atomic E-state index is -1.02. The van der Waals surface area contributed by atoms with Gasteiger partial charge in [-0.2, -0.15) is 0 Å². The highest BCUT2D eigenvalue weighted by molar-refractivity contribution is 9.10. The SMILES string of the molecule is CCC(NC(=O)c1cccc(Br)c1C)C(=O)O. The van der Waals surface area contributed by atoms with Gasteiger partial charge < -0.3 is 10.4 Å². The molecule has 1 amide bonds. The molecule has 0 aliphatic rings. The van der Waals surface area contributed by atoms with E-state index in [1.807, 2.05) is 6.07 Å². The monoisotopic (exact) mass is 299 g/mol. The summed E-state index contributed by atoms with van der Waals surface area (Å²) in [4.78, 5) is 22.7. The van der Waals surface area contributed by atoms with E-state index in [9.17, 15) is 9.59 Å². The molecule has 0 fully saturated rings. The summed E-state index contributed by atoms with van der Waals surface area (Å²) >= 11 is 3.33. The van der Waals surface area contributed by atoms with Crippen molar-refractivity contribution in [2.24, 2.45) is 0 Å². The van der Waals surface area contributed by atoms with Gasteiger partial charge in [-0.05, 0) is 31.0 Å². The van der Waals surface area contributed by atoms with Crippen LogP contribution in [-0.4, -0.2) is 23.0 Å². The lowest BCUT2D eigenvalue weighted by molar-refractivity contribution is -0.139. The fraction of sp³-hybridized carbons (Fsp3) is 0.333. The summed E-state index contributed by atoms with van der Waals surface area (Å²) in [6, 6.07) is 4.40. The summed E-state index contributed by atoms with van der Waals surface area (Å²) in [5.74, 6) is -1.38. The lowest BCUT2D eigenvalue weighted by Crippen LogP contribution is -2.40. The zero-order chi connectivity index (χ0) is 13.0. The minimum absolute atomic E-state index is 0.355. The topological polar surface area (TPSA) is 66.4 Å². The van der Waals surface area contributed by atoms with Crippen LogP contribution < -0.4 is 5.32 Å². The van der Waals surface area contributed by atoms with Crippen LogP contribution in [0, 0.1) is 6.92 Å². The van der Waals surface area contributed by atoms with Crippen LogP contribution in [0.3, 0.4) is 0 Å². The van der Waals surface area contributed by atoms with Gasteiger partial charge in [-0.25, -0.2) is 4.79 Å². The maximum atomic E-state index is 11.9. The van der Waals surface area contributed by atoms with Crippen molar-refractivity contribution in [1.82, 2.24) is 5.32 Å². The first-order valence-electron chi connectivity index (χ1n) is 5.26. The summed E-state index contributed by atoms with van der Waals surface area (Å²) in [5, 5.41) is 11.4. The number of carbonyl (C=O) groups excluding carboxylic acids is 1. The number of carboxylic acids is 1. The van der Waals surface area contributed by atoms with Gasteiger partial charge in [0.2, 0.25) is 0 Å². The Balaban J connectivity index is 2.90. The summed E-state index contributed by atoms with van der Waals surface area (Å²) < 4.78 is 0.827. The Morgan fingerprint density at radius 1 is 1.47 bits per heavy atom. The first kappa shape index (κ1) is 13.7. The number of nitrogens with one attached hydrogen (secondary N) is 1. The Kier molecular flexibility index (Phi) is 4.69. The number of amides is 1. The summed E-state index contributed by atoms with van der Waals surface area (Å²) in [6.07, 6.45) is 0.355. The lowest BCUT2D eigenvalue weighted by Gasteiger charge is -2.13.